The van der Waals surface area contributed by atoms with Gasteiger partial charge in [0.2, 0.25) is 5.91 Å². The molecule has 0 radical (unpaired) electrons. The highest BCUT2D eigenvalue weighted by atomic mass is 35.5. The number of amides is 1. The summed E-state index contributed by atoms with van der Waals surface area (Å²) < 4.78 is 36.4. The van der Waals surface area contributed by atoms with Gasteiger partial charge in [-0.15, -0.1) is 12.4 Å². The molecule has 0 atom stereocenters. The maximum Gasteiger partial charge on any atom is 0.325 e. The predicted molar refractivity (Wildman–Crippen MR) is 176 cm³/mol. The van der Waals surface area contributed by atoms with Gasteiger partial charge in [-0.1, -0.05) is 42.5 Å². The smallest absolute Gasteiger partial charge is 0.325 e. The van der Waals surface area contributed by atoms with Gasteiger partial charge in [0, 0.05) is 47.2 Å². The Hall–Kier alpha value is -4.94. The molecule has 0 saturated carbocycles. The zero-order valence-electron chi connectivity index (χ0n) is 24.7. The van der Waals surface area contributed by atoms with Crippen molar-refractivity contribution in [3.8, 4) is 0 Å². The fourth-order valence-corrected chi connectivity index (χ4v) is 6.60. The molecule has 0 aliphatic rings. The average molecular weight is 649 g/mol. The Balaban J connectivity index is 0.00000461. The number of carbonyl (C=O) groups excluding carboxylic acids is 2. The van der Waals surface area contributed by atoms with Gasteiger partial charge in [-0.2, -0.15) is 0 Å². The summed E-state index contributed by atoms with van der Waals surface area (Å²) in [5.74, 6) is -1.29. The number of nitrogens with zero attached hydrogens (tertiary/aromatic N) is 3. The maximum atomic E-state index is 14.2. The molecule has 0 bridgehead atoms. The number of nitrogens with one attached hydrogen (secondary N) is 2. The number of sulfonamides is 1. The zero-order chi connectivity index (χ0) is 31.4. The highest BCUT2D eigenvalue weighted by Crippen LogP contribution is 2.31. The lowest BCUT2D eigenvalue weighted by Gasteiger charge is -2.24. The number of carbonyl (C=O) groups is 2. The third kappa shape index (κ3) is 7.08. The van der Waals surface area contributed by atoms with Gasteiger partial charge >= 0.3 is 5.97 Å². The second kappa shape index (κ2) is 13.8. The van der Waals surface area contributed by atoms with Crippen molar-refractivity contribution < 1.29 is 22.7 Å². The van der Waals surface area contributed by atoms with Gasteiger partial charge in [0.25, 0.3) is 10.0 Å². The second-order valence-corrected chi connectivity index (χ2v) is 12.0. The number of aryl methyl sites for hydroxylation is 1. The van der Waals surface area contributed by atoms with Crippen molar-refractivity contribution >= 4 is 67.6 Å². The van der Waals surface area contributed by atoms with Crippen molar-refractivity contribution in [3.63, 3.8) is 0 Å². The van der Waals surface area contributed by atoms with Gasteiger partial charge in [-0.25, -0.2) is 8.42 Å². The standard InChI is InChI=1S/C32H32N6O5S.ClH/c1-3-43-30(40)19-36-29(39)20-38(44(41,42)28-8-4-6-22-7-5-15-35-31(22)28)25-13-14-27-24(17-25)18-26(37(27)2)16-21-9-11-23(12-10-21)32(33)34;/h4-15,17-18H,3,16,19-20H2,1-2H3,(H3,33,34)(H,36,39);1H. The first-order valence-electron chi connectivity index (χ1n) is 13.9. The van der Waals surface area contributed by atoms with Crippen LogP contribution in [0.5, 0.6) is 0 Å². The lowest BCUT2D eigenvalue weighted by molar-refractivity contribution is -0.143. The van der Waals surface area contributed by atoms with Crippen LogP contribution in [-0.2, 0) is 37.8 Å². The molecule has 0 unspecified atom stereocenters. The topological polar surface area (TPSA) is 160 Å². The summed E-state index contributed by atoms with van der Waals surface area (Å²) in [4.78, 5) is 29.1. The van der Waals surface area contributed by atoms with Crippen molar-refractivity contribution in [3.05, 3.63) is 102 Å². The predicted octanol–water partition coefficient (Wildman–Crippen LogP) is 3.90. The van der Waals surface area contributed by atoms with Crippen molar-refractivity contribution in [1.29, 1.82) is 5.41 Å². The molecule has 45 heavy (non-hydrogen) atoms. The van der Waals surface area contributed by atoms with Gasteiger partial charge in [0.15, 0.2) is 0 Å². The van der Waals surface area contributed by atoms with E-state index in [0.29, 0.717) is 17.4 Å². The Morgan fingerprint density at radius 2 is 1.76 bits per heavy atom. The van der Waals surface area contributed by atoms with E-state index in [1.54, 1.807) is 55.5 Å². The Morgan fingerprint density at radius 1 is 1.02 bits per heavy atom. The number of rotatable bonds is 11. The summed E-state index contributed by atoms with van der Waals surface area (Å²) in [7, 11) is -2.37. The number of esters is 1. The lowest BCUT2D eigenvalue weighted by atomic mass is 10.1. The fraction of sp³-hybridized carbons (Fsp3) is 0.188. The van der Waals surface area contributed by atoms with E-state index in [2.05, 4.69) is 10.3 Å². The van der Waals surface area contributed by atoms with E-state index in [9.17, 15) is 18.0 Å². The monoisotopic (exact) mass is 648 g/mol. The Bertz CT molecular complexity index is 1990. The van der Waals surface area contributed by atoms with Crippen LogP contribution in [-0.4, -0.2) is 55.4 Å². The minimum absolute atomic E-state index is 0. The number of hydrogen-bond acceptors (Lipinski definition) is 7. The Kier molecular flexibility index (Phi) is 10.1. The van der Waals surface area contributed by atoms with Crippen LogP contribution >= 0.6 is 12.4 Å². The number of benzene rings is 3. The van der Waals surface area contributed by atoms with Crippen LogP contribution in [0.4, 0.5) is 5.69 Å². The number of anilines is 1. The number of ether oxygens (including phenoxy) is 1. The first-order valence-corrected chi connectivity index (χ1v) is 15.3. The minimum atomic E-state index is -4.30. The van der Waals surface area contributed by atoms with E-state index in [-0.39, 0.29) is 47.5 Å². The van der Waals surface area contributed by atoms with E-state index >= 15 is 0 Å². The number of nitrogen functional groups attached to an aromatic ring is 1. The molecule has 2 heterocycles. The molecular formula is C32H33ClN6O5S. The second-order valence-electron chi connectivity index (χ2n) is 10.1. The first-order chi connectivity index (χ1) is 21.1. The van der Waals surface area contributed by atoms with Crippen LogP contribution in [0.3, 0.4) is 0 Å². The number of halogens is 1. The summed E-state index contributed by atoms with van der Waals surface area (Å²) in [6.45, 7) is 0.858. The Morgan fingerprint density at radius 3 is 2.47 bits per heavy atom. The number of aromatic nitrogens is 2. The third-order valence-electron chi connectivity index (χ3n) is 7.25. The summed E-state index contributed by atoms with van der Waals surface area (Å²) in [5, 5.41) is 11.5. The summed E-state index contributed by atoms with van der Waals surface area (Å²) in [6, 6.07) is 23.0. The average Bonchev–Trinajstić information content (AvgIpc) is 3.32. The maximum absolute atomic E-state index is 14.2. The zero-order valence-corrected chi connectivity index (χ0v) is 26.3. The molecule has 2 aromatic heterocycles. The highest BCUT2D eigenvalue weighted by molar-refractivity contribution is 7.93. The van der Waals surface area contributed by atoms with E-state index < -0.39 is 28.4 Å². The molecule has 0 aliphatic carbocycles. The van der Waals surface area contributed by atoms with Crippen molar-refractivity contribution in [1.82, 2.24) is 14.9 Å². The van der Waals surface area contributed by atoms with E-state index in [1.807, 2.05) is 35.9 Å². The first kappa shape index (κ1) is 33.0. The molecule has 5 aromatic rings. The number of nitrogens with two attached hydrogens (primary N) is 1. The minimum Gasteiger partial charge on any atom is -0.465 e. The molecule has 0 fully saturated rings. The van der Waals surface area contributed by atoms with Crippen LogP contribution < -0.4 is 15.4 Å². The van der Waals surface area contributed by atoms with Crippen LogP contribution in [0, 0.1) is 5.41 Å². The van der Waals surface area contributed by atoms with E-state index in [0.717, 1.165) is 26.5 Å². The van der Waals surface area contributed by atoms with E-state index in [4.69, 9.17) is 15.9 Å². The molecule has 234 valence electrons. The quantitative estimate of drug-likeness (QED) is 0.111. The molecule has 11 nitrogen and oxygen atoms in total. The van der Waals surface area contributed by atoms with Crippen LogP contribution in [0.1, 0.15) is 23.7 Å². The molecule has 4 N–H and O–H groups in total. The lowest BCUT2D eigenvalue weighted by Crippen LogP contribution is -2.42. The number of hydrogen-bond donors (Lipinski definition) is 3. The largest absolute Gasteiger partial charge is 0.465 e. The number of fused-ring (bicyclic) bond motifs is 2. The van der Waals surface area contributed by atoms with Crippen LogP contribution in [0.2, 0.25) is 0 Å². The van der Waals surface area contributed by atoms with Gasteiger partial charge in [-0.05, 0) is 48.9 Å². The molecule has 0 aliphatic heterocycles. The normalized spacial score (nSPS) is 11.2. The molecule has 5 rings (SSSR count). The van der Waals surface area contributed by atoms with Crippen molar-refractivity contribution in [2.45, 2.75) is 18.2 Å². The molecule has 13 heteroatoms. The van der Waals surface area contributed by atoms with Gasteiger partial charge < -0.3 is 20.4 Å². The van der Waals surface area contributed by atoms with Gasteiger partial charge in [0.05, 0.1) is 17.8 Å². The molecular weight excluding hydrogens is 616 g/mol. The number of pyridine rings is 1. The summed E-state index contributed by atoms with van der Waals surface area (Å²) >= 11 is 0. The highest BCUT2D eigenvalue weighted by Gasteiger charge is 2.30. The SMILES string of the molecule is CCOC(=O)CNC(=O)CN(c1ccc2c(c1)cc(Cc1ccc(C(=N)N)cc1)n2C)S(=O)(=O)c1cccc2cccnc12.Cl. The molecule has 1 amide bonds. The van der Waals surface area contributed by atoms with Gasteiger partial charge in [0.1, 0.15) is 23.8 Å². The summed E-state index contributed by atoms with van der Waals surface area (Å²) in [5.41, 5.74) is 9.66. The molecule has 0 saturated heterocycles. The number of amidine groups is 1. The van der Waals surface area contributed by atoms with Crippen LogP contribution in [0.15, 0.2) is 90.0 Å². The van der Waals surface area contributed by atoms with Crippen LogP contribution in [0.25, 0.3) is 21.8 Å². The summed E-state index contributed by atoms with van der Waals surface area (Å²) in [6.07, 6.45) is 2.11. The van der Waals surface area contributed by atoms with Crippen molar-refractivity contribution in [2.75, 3.05) is 24.0 Å². The Labute approximate surface area is 267 Å². The third-order valence-corrected chi connectivity index (χ3v) is 9.06. The van der Waals surface area contributed by atoms with Gasteiger partial charge in [-0.3, -0.25) is 24.3 Å². The fourth-order valence-electron chi connectivity index (χ4n) is 5.02. The molecule has 3 aromatic carbocycles. The van der Waals surface area contributed by atoms with Crippen molar-refractivity contribution in [2.24, 2.45) is 12.8 Å². The van der Waals surface area contributed by atoms with E-state index in [1.165, 1.54) is 12.3 Å². The molecule has 0 spiro atoms. The number of para-hydroxylation sites is 1.